The first-order chi connectivity index (χ1) is 46.7. The molecular formula is C77H136O17P2. The van der Waals surface area contributed by atoms with Crippen molar-refractivity contribution in [1.82, 2.24) is 0 Å². The largest absolute Gasteiger partial charge is 0.472 e. The molecule has 3 N–H and O–H groups in total. The Morgan fingerprint density at radius 3 is 0.927 bits per heavy atom. The van der Waals surface area contributed by atoms with Crippen LogP contribution in [0, 0.1) is 0 Å². The summed E-state index contributed by atoms with van der Waals surface area (Å²) >= 11 is 0. The molecule has 5 unspecified atom stereocenters. The SMILES string of the molecule is CC/C=C\C/C=C\C/C=C\C/C=C\C/C=C\C/C=C\CCC(=O)OCC(COP(=O)(O)OCC(O)COP(=O)(O)OCC(COC(=O)CCCCCCC/C=C\CCCC)OC(=O)CCCCCCCCCCCCC)OC(=O)CCCCCCCCCCCCCCCCC. The lowest BCUT2D eigenvalue weighted by atomic mass is 10.0. The molecule has 0 amide bonds. The highest BCUT2D eigenvalue weighted by molar-refractivity contribution is 7.47. The van der Waals surface area contributed by atoms with Crippen molar-refractivity contribution >= 4 is 39.5 Å². The fourth-order valence-electron chi connectivity index (χ4n) is 10.1. The fourth-order valence-corrected chi connectivity index (χ4v) is 11.7. The molecular weight excluding hydrogens is 1260 g/mol. The molecule has 0 aliphatic rings. The van der Waals surface area contributed by atoms with Gasteiger partial charge in [0, 0.05) is 25.7 Å². The van der Waals surface area contributed by atoms with Crippen molar-refractivity contribution in [3.05, 3.63) is 85.1 Å². The minimum atomic E-state index is -4.98. The van der Waals surface area contributed by atoms with Crippen LogP contribution in [0.3, 0.4) is 0 Å². The minimum Gasteiger partial charge on any atom is -0.462 e. The van der Waals surface area contributed by atoms with E-state index in [1.165, 1.54) is 116 Å². The van der Waals surface area contributed by atoms with Crippen LogP contribution < -0.4 is 0 Å². The lowest BCUT2D eigenvalue weighted by molar-refractivity contribution is -0.161. The number of hydrogen-bond donors (Lipinski definition) is 3. The van der Waals surface area contributed by atoms with E-state index in [0.29, 0.717) is 32.1 Å². The average Bonchev–Trinajstić information content (AvgIpc) is 1.41. The highest BCUT2D eigenvalue weighted by Gasteiger charge is 2.30. The average molecular weight is 1400 g/mol. The van der Waals surface area contributed by atoms with E-state index in [9.17, 15) is 43.2 Å². The van der Waals surface area contributed by atoms with E-state index in [0.717, 1.165) is 122 Å². The van der Waals surface area contributed by atoms with E-state index in [1.54, 1.807) is 0 Å². The molecule has 0 radical (unpaired) electrons. The summed E-state index contributed by atoms with van der Waals surface area (Å²) in [4.78, 5) is 72.7. The fraction of sp³-hybridized carbons (Fsp3) is 0.766. The van der Waals surface area contributed by atoms with Gasteiger partial charge in [-0.05, 0) is 83.5 Å². The van der Waals surface area contributed by atoms with Crippen LogP contribution in [0.25, 0.3) is 0 Å². The summed E-state index contributed by atoms with van der Waals surface area (Å²) in [6.45, 7) is 4.65. The van der Waals surface area contributed by atoms with Crippen molar-refractivity contribution < 1.29 is 80.2 Å². The maximum Gasteiger partial charge on any atom is 0.472 e. The zero-order chi connectivity index (χ0) is 70.4. The Morgan fingerprint density at radius 1 is 0.302 bits per heavy atom. The van der Waals surface area contributed by atoms with Gasteiger partial charge >= 0.3 is 39.5 Å². The van der Waals surface area contributed by atoms with Crippen molar-refractivity contribution in [2.75, 3.05) is 39.6 Å². The Hall–Kier alpha value is -3.76. The molecule has 0 heterocycles. The molecule has 0 bridgehead atoms. The monoisotopic (exact) mass is 1390 g/mol. The van der Waals surface area contributed by atoms with E-state index in [1.807, 2.05) is 18.2 Å². The van der Waals surface area contributed by atoms with Crippen LogP contribution in [0.5, 0.6) is 0 Å². The standard InChI is InChI=1S/C77H136O17P2/c1-5-9-13-17-21-25-29-31-33-34-35-36-38-39-43-46-50-54-58-62-75(80)88-68-73(94-77(82)64-60-56-52-48-44-40-37-32-30-26-22-18-14-10-6-2)70-92-96(85,86)90-66-71(78)65-89-95(83,84)91-69-72(93-76(81)63-59-55-51-47-42-28-24-20-16-12-8-4)67-87-74(79)61-57-53-49-45-41-27-23-19-15-11-7-3/h9,13,19,21,23,25,31,33,35-36,39,43,50,54,71-73,78H,5-8,10-12,14-18,20,22,24,26-30,32,34,37-38,40-42,44-49,51-53,55-70H2,1-4H3,(H,83,84)(H,85,86)/b13-9-,23-19-,25-21-,33-31-,36-35-,43-39-,54-50-. The van der Waals surface area contributed by atoms with E-state index in [2.05, 4.69) is 94.5 Å². The smallest absolute Gasteiger partial charge is 0.462 e. The normalized spacial score (nSPS) is 14.4. The van der Waals surface area contributed by atoms with Crippen LogP contribution in [0.4, 0.5) is 0 Å². The van der Waals surface area contributed by atoms with Gasteiger partial charge < -0.3 is 33.8 Å². The van der Waals surface area contributed by atoms with Gasteiger partial charge in [0.15, 0.2) is 12.2 Å². The second kappa shape index (κ2) is 69.7. The number of aliphatic hydroxyl groups excluding tert-OH is 1. The van der Waals surface area contributed by atoms with Gasteiger partial charge in [-0.1, -0.05) is 299 Å². The lowest BCUT2D eigenvalue weighted by Crippen LogP contribution is -2.30. The first kappa shape index (κ1) is 92.2. The summed E-state index contributed by atoms with van der Waals surface area (Å²) in [6.07, 6.45) is 70.3. The summed E-state index contributed by atoms with van der Waals surface area (Å²) in [5, 5.41) is 10.6. The number of carbonyl (C=O) groups excluding carboxylic acids is 4. The topological polar surface area (TPSA) is 237 Å². The molecule has 0 aliphatic carbocycles. The predicted octanol–water partition coefficient (Wildman–Crippen LogP) is 21.4. The van der Waals surface area contributed by atoms with Crippen molar-refractivity contribution in [1.29, 1.82) is 0 Å². The number of phosphoric ester groups is 2. The number of esters is 4. The quantitative estimate of drug-likeness (QED) is 0.0169. The third-order valence-electron chi connectivity index (χ3n) is 15.9. The second-order valence-corrected chi connectivity index (χ2v) is 28.1. The molecule has 0 saturated carbocycles. The molecule has 0 aliphatic heterocycles. The molecule has 0 rings (SSSR count). The van der Waals surface area contributed by atoms with Crippen molar-refractivity contribution in [3.8, 4) is 0 Å². The van der Waals surface area contributed by atoms with Gasteiger partial charge in [0.2, 0.25) is 0 Å². The highest BCUT2D eigenvalue weighted by atomic mass is 31.2. The number of hydrogen-bond acceptors (Lipinski definition) is 15. The Morgan fingerprint density at radius 2 is 0.573 bits per heavy atom. The van der Waals surface area contributed by atoms with Gasteiger partial charge in [0.05, 0.1) is 26.4 Å². The first-order valence-corrected chi connectivity index (χ1v) is 40.8. The molecule has 0 aromatic rings. The molecule has 19 heteroatoms. The van der Waals surface area contributed by atoms with Crippen LogP contribution in [0.1, 0.15) is 323 Å². The Bertz CT molecular complexity index is 2160. The number of allylic oxidation sites excluding steroid dienone is 14. The minimum absolute atomic E-state index is 0.0391. The van der Waals surface area contributed by atoms with Crippen molar-refractivity contribution in [2.24, 2.45) is 0 Å². The van der Waals surface area contributed by atoms with Crippen LogP contribution in [-0.2, 0) is 65.4 Å². The number of phosphoric acid groups is 2. The Balaban J connectivity index is 5.36. The number of aliphatic hydroxyl groups is 1. The van der Waals surface area contributed by atoms with Crippen LogP contribution >= 0.6 is 15.6 Å². The van der Waals surface area contributed by atoms with Gasteiger partial charge in [-0.25, -0.2) is 9.13 Å². The Kier molecular flexibility index (Phi) is 67.0. The van der Waals surface area contributed by atoms with Crippen LogP contribution in [0.2, 0.25) is 0 Å². The maximum absolute atomic E-state index is 13.1. The molecule has 0 aromatic carbocycles. The molecule has 0 spiro atoms. The third kappa shape index (κ3) is 68.8. The lowest BCUT2D eigenvalue weighted by Gasteiger charge is -2.21. The molecule has 0 saturated heterocycles. The summed E-state index contributed by atoms with van der Waals surface area (Å²) < 4.78 is 68.3. The van der Waals surface area contributed by atoms with E-state index < -0.39 is 97.5 Å². The number of unbranched alkanes of at least 4 members (excludes halogenated alkanes) is 31. The van der Waals surface area contributed by atoms with Crippen LogP contribution in [-0.4, -0.2) is 96.7 Å². The van der Waals surface area contributed by atoms with Gasteiger partial charge in [-0.15, -0.1) is 0 Å². The predicted molar refractivity (Wildman–Crippen MR) is 390 cm³/mol. The highest BCUT2D eigenvalue weighted by Crippen LogP contribution is 2.45. The van der Waals surface area contributed by atoms with Crippen molar-refractivity contribution in [3.63, 3.8) is 0 Å². The first-order valence-electron chi connectivity index (χ1n) is 37.8. The molecule has 0 fully saturated rings. The molecule has 0 aromatic heterocycles. The summed E-state index contributed by atoms with van der Waals surface area (Å²) in [5.41, 5.74) is 0. The summed E-state index contributed by atoms with van der Waals surface area (Å²) in [6, 6.07) is 0. The maximum atomic E-state index is 13.1. The van der Waals surface area contributed by atoms with Gasteiger partial charge in [-0.2, -0.15) is 0 Å². The van der Waals surface area contributed by atoms with Gasteiger partial charge in [0.1, 0.15) is 19.3 Å². The van der Waals surface area contributed by atoms with E-state index >= 15 is 0 Å². The van der Waals surface area contributed by atoms with Crippen LogP contribution in [0.15, 0.2) is 85.1 Å². The third-order valence-corrected chi connectivity index (χ3v) is 17.8. The van der Waals surface area contributed by atoms with E-state index in [4.69, 9.17) is 37.0 Å². The summed E-state index contributed by atoms with van der Waals surface area (Å²) in [7, 11) is -9.95. The van der Waals surface area contributed by atoms with Gasteiger partial charge in [0.25, 0.3) is 0 Å². The number of rotatable bonds is 71. The van der Waals surface area contributed by atoms with Crippen molar-refractivity contribution in [2.45, 2.75) is 341 Å². The van der Waals surface area contributed by atoms with E-state index in [-0.39, 0.29) is 25.7 Å². The zero-order valence-corrected chi connectivity index (χ0v) is 62.3. The molecule has 96 heavy (non-hydrogen) atoms. The molecule has 5 atom stereocenters. The number of carbonyl (C=O) groups is 4. The molecule has 556 valence electrons. The Labute approximate surface area is 583 Å². The number of ether oxygens (including phenoxy) is 4. The zero-order valence-electron chi connectivity index (χ0n) is 60.5. The van der Waals surface area contributed by atoms with Gasteiger partial charge in [-0.3, -0.25) is 37.3 Å². The molecule has 17 nitrogen and oxygen atoms in total. The summed E-state index contributed by atoms with van der Waals surface area (Å²) in [5.74, 6) is -2.26. The second-order valence-electron chi connectivity index (χ2n) is 25.2.